The Morgan fingerprint density at radius 3 is 2.70 bits per heavy atom. The standard InChI is InChI=1S/C13H15N5OS/c1-3-19-11-6-4-10(5-7-11)12-16-17-13(18(12)15)20-9(2)8-14/h4-7,9H,3,15H2,1-2H3/t9-/m1/s1. The van der Waals surface area contributed by atoms with Gasteiger partial charge in [0, 0.05) is 5.56 Å². The molecule has 6 nitrogen and oxygen atoms in total. The highest BCUT2D eigenvalue weighted by Crippen LogP contribution is 2.25. The Labute approximate surface area is 121 Å². The molecule has 0 saturated carbocycles. The number of hydrogen-bond acceptors (Lipinski definition) is 6. The summed E-state index contributed by atoms with van der Waals surface area (Å²) in [6, 6.07) is 9.59. The van der Waals surface area contributed by atoms with Crippen molar-refractivity contribution >= 4 is 11.8 Å². The zero-order valence-electron chi connectivity index (χ0n) is 11.3. The predicted molar refractivity (Wildman–Crippen MR) is 77.7 cm³/mol. The minimum atomic E-state index is -0.227. The summed E-state index contributed by atoms with van der Waals surface area (Å²) in [6.45, 7) is 4.35. The van der Waals surface area contributed by atoms with E-state index in [1.807, 2.05) is 31.2 Å². The third-order valence-corrected chi connectivity index (χ3v) is 3.50. The molecule has 2 N–H and O–H groups in total. The number of nitriles is 1. The second-order valence-electron chi connectivity index (χ2n) is 4.02. The van der Waals surface area contributed by atoms with Crippen LogP contribution in [-0.4, -0.2) is 26.7 Å². The molecule has 0 aliphatic carbocycles. The van der Waals surface area contributed by atoms with E-state index in [0.29, 0.717) is 17.6 Å². The van der Waals surface area contributed by atoms with Gasteiger partial charge in [-0.3, -0.25) is 0 Å². The monoisotopic (exact) mass is 289 g/mol. The third-order valence-electron chi connectivity index (χ3n) is 2.55. The second-order valence-corrected chi connectivity index (χ2v) is 5.33. The lowest BCUT2D eigenvalue weighted by Crippen LogP contribution is -2.12. The number of nitrogen functional groups attached to an aromatic ring is 1. The van der Waals surface area contributed by atoms with Crippen molar-refractivity contribution in [2.24, 2.45) is 0 Å². The molecule has 2 aromatic rings. The summed E-state index contributed by atoms with van der Waals surface area (Å²) in [6.07, 6.45) is 0. The fourth-order valence-corrected chi connectivity index (χ4v) is 2.26. The molecule has 0 bridgehead atoms. The molecule has 0 amide bonds. The molecule has 0 spiro atoms. The summed E-state index contributed by atoms with van der Waals surface area (Å²) in [7, 11) is 0. The Morgan fingerprint density at radius 2 is 2.10 bits per heavy atom. The molecule has 0 aliphatic rings. The van der Waals surface area contributed by atoms with Crippen molar-refractivity contribution in [2.45, 2.75) is 24.3 Å². The van der Waals surface area contributed by atoms with Crippen LogP contribution in [0.4, 0.5) is 0 Å². The smallest absolute Gasteiger partial charge is 0.211 e. The Bertz CT molecular complexity index is 617. The molecular weight excluding hydrogens is 274 g/mol. The SMILES string of the molecule is CCOc1ccc(-c2nnc(S[C@H](C)C#N)n2N)cc1. The normalized spacial score (nSPS) is 11.8. The van der Waals surface area contributed by atoms with Crippen LogP contribution in [0, 0.1) is 11.3 Å². The van der Waals surface area contributed by atoms with Gasteiger partial charge in [0.25, 0.3) is 0 Å². The molecule has 1 aromatic heterocycles. The number of thioether (sulfide) groups is 1. The fraction of sp³-hybridized carbons (Fsp3) is 0.308. The van der Waals surface area contributed by atoms with Crippen LogP contribution >= 0.6 is 11.8 Å². The molecule has 1 aromatic carbocycles. The quantitative estimate of drug-likeness (QED) is 0.669. The van der Waals surface area contributed by atoms with Gasteiger partial charge in [-0.05, 0) is 38.1 Å². The van der Waals surface area contributed by atoms with Crippen molar-refractivity contribution in [2.75, 3.05) is 12.4 Å². The fourth-order valence-electron chi connectivity index (χ4n) is 1.61. The van der Waals surface area contributed by atoms with Gasteiger partial charge in [-0.25, -0.2) is 4.68 Å². The Morgan fingerprint density at radius 1 is 1.40 bits per heavy atom. The molecule has 7 heteroatoms. The first-order valence-corrected chi connectivity index (χ1v) is 7.03. The first-order chi connectivity index (χ1) is 9.65. The van der Waals surface area contributed by atoms with E-state index in [4.69, 9.17) is 15.8 Å². The minimum Gasteiger partial charge on any atom is -0.494 e. The van der Waals surface area contributed by atoms with Crippen molar-refractivity contribution in [3.8, 4) is 23.2 Å². The van der Waals surface area contributed by atoms with Crippen LogP contribution in [0.25, 0.3) is 11.4 Å². The van der Waals surface area contributed by atoms with Gasteiger partial charge in [0.05, 0.1) is 17.9 Å². The van der Waals surface area contributed by atoms with Crippen LogP contribution in [-0.2, 0) is 0 Å². The summed E-state index contributed by atoms with van der Waals surface area (Å²) in [5.74, 6) is 7.32. The zero-order chi connectivity index (χ0) is 14.5. The molecule has 0 fully saturated rings. The largest absolute Gasteiger partial charge is 0.494 e. The van der Waals surface area contributed by atoms with Crippen LogP contribution in [0.1, 0.15) is 13.8 Å². The molecule has 0 unspecified atom stereocenters. The number of nitrogens with zero attached hydrogens (tertiary/aromatic N) is 4. The summed E-state index contributed by atoms with van der Waals surface area (Å²) in [5.41, 5.74) is 0.847. The van der Waals surface area contributed by atoms with E-state index in [1.165, 1.54) is 16.4 Å². The number of rotatable bonds is 5. The van der Waals surface area contributed by atoms with Crippen LogP contribution < -0.4 is 10.6 Å². The maximum atomic E-state index is 8.81. The van der Waals surface area contributed by atoms with Gasteiger partial charge in [-0.2, -0.15) is 5.26 Å². The third kappa shape index (κ3) is 3.03. The number of ether oxygens (including phenoxy) is 1. The lowest BCUT2D eigenvalue weighted by Gasteiger charge is -2.06. The van der Waals surface area contributed by atoms with Gasteiger partial charge in [-0.15, -0.1) is 10.2 Å². The average Bonchev–Trinajstić information content (AvgIpc) is 2.81. The number of nitrogens with two attached hydrogens (primary N) is 1. The van der Waals surface area contributed by atoms with Crippen molar-refractivity contribution < 1.29 is 4.74 Å². The highest BCUT2D eigenvalue weighted by Gasteiger charge is 2.14. The van der Waals surface area contributed by atoms with Gasteiger partial charge in [0.15, 0.2) is 5.82 Å². The summed E-state index contributed by atoms with van der Waals surface area (Å²) >= 11 is 1.28. The first kappa shape index (κ1) is 14.2. The zero-order valence-corrected chi connectivity index (χ0v) is 12.1. The highest BCUT2D eigenvalue weighted by molar-refractivity contribution is 8.00. The van der Waals surface area contributed by atoms with E-state index in [0.717, 1.165) is 11.3 Å². The van der Waals surface area contributed by atoms with E-state index in [-0.39, 0.29) is 5.25 Å². The van der Waals surface area contributed by atoms with E-state index in [2.05, 4.69) is 16.3 Å². The van der Waals surface area contributed by atoms with E-state index in [9.17, 15) is 0 Å². The molecular formula is C13H15N5OS. The number of aromatic nitrogens is 3. The predicted octanol–water partition coefficient (Wildman–Crippen LogP) is 2.06. The summed E-state index contributed by atoms with van der Waals surface area (Å²) in [5, 5.41) is 17.2. The summed E-state index contributed by atoms with van der Waals surface area (Å²) < 4.78 is 6.78. The molecule has 0 radical (unpaired) electrons. The van der Waals surface area contributed by atoms with Crippen LogP contribution in [0.3, 0.4) is 0 Å². The maximum absolute atomic E-state index is 8.81. The molecule has 1 heterocycles. The van der Waals surface area contributed by atoms with Crippen molar-refractivity contribution in [1.82, 2.24) is 14.9 Å². The van der Waals surface area contributed by atoms with Gasteiger partial charge in [0.2, 0.25) is 5.16 Å². The Kier molecular flexibility index (Phi) is 4.48. The molecule has 1 atom stereocenters. The average molecular weight is 289 g/mol. The van der Waals surface area contributed by atoms with E-state index >= 15 is 0 Å². The molecule has 2 rings (SSSR count). The first-order valence-electron chi connectivity index (χ1n) is 6.15. The lowest BCUT2D eigenvalue weighted by molar-refractivity contribution is 0.340. The Hall–Kier alpha value is -2.20. The van der Waals surface area contributed by atoms with Crippen LogP contribution in [0.2, 0.25) is 0 Å². The van der Waals surface area contributed by atoms with Crippen molar-refractivity contribution in [3.05, 3.63) is 24.3 Å². The van der Waals surface area contributed by atoms with E-state index < -0.39 is 0 Å². The highest BCUT2D eigenvalue weighted by atomic mass is 32.2. The number of benzene rings is 1. The van der Waals surface area contributed by atoms with Gasteiger partial charge in [-0.1, -0.05) is 11.8 Å². The molecule has 0 saturated heterocycles. The van der Waals surface area contributed by atoms with E-state index in [1.54, 1.807) is 6.92 Å². The van der Waals surface area contributed by atoms with Crippen LogP contribution in [0.5, 0.6) is 5.75 Å². The summed E-state index contributed by atoms with van der Waals surface area (Å²) in [4.78, 5) is 0. The Balaban J connectivity index is 2.23. The van der Waals surface area contributed by atoms with Crippen molar-refractivity contribution in [3.63, 3.8) is 0 Å². The number of hydrogen-bond donors (Lipinski definition) is 1. The minimum absolute atomic E-state index is 0.227. The van der Waals surface area contributed by atoms with Gasteiger partial charge in [0.1, 0.15) is 5.75 Å². The topological polar surface area (TPSA) is 89.8 Å². The van der Waals surface area contributed by atoms with Gasteiger partial charge >= 0.3 is 0 Å². The molecule has 20 heavy (non-hydrogen) atoms. The van der Waals surface area contributed by atoms with Crippen LogP contribution in [0.15, 0.2) is 29.4 Å². The maximum Gasteiger partial charge on any atom is 0.211 e. The molecule has 104 valence electrons. The second kappa shape index (κ2) is 6.30. The van der Waals surface area contributed by atoms with Gasteiger partial charge < -0.3 is 10.6 Å². The molecule has 0 aliphatic heterocycles. The lowest BCUT2D eigenvalue weighted by atomic mass is 10.2. The van der Waals surface area contributed by atoms with Crippen molar-refractivity contribution in [1.29, 1.82) is 5.26 Å².